The van der Waals surface area contributed by atoms with Crippen molar-refractivity contribution in [1.29, 1.82) is 0 Å². The summed E-state index contributed by atoms with van der Waals surface area (Å²) >= 11 is 6.12. The third kappa shape index (κ3) is 7.54. The Morgan fingerprint density at radius 3 is 2.48 bits per heavy atom. The quantitative estimate of drug-likeness (QED) is 0.405. The largest absolute Gasteiger partial charge is 0.343 e. The first kappa shape index (κ1) is 30.6. The number of rotatable bonds is 10. The van der Waals surface area contributed by atoms with Gasteiger partial charge in [0.1, 0.15) is 6.04 Å². The average molecular weight is 593 g/mol. The molecule has 0 spiro atoms. The third-order valence-electron chi connectivity index (χ3n) is 9.23. The van der Waals surface area contributed by atoms with Crippen molar-refractivity contribution < 1.29 is 14.4 Å². The Morgan fingerprint density at radius 1 is 1.00 bits per heavy atom. The van der Waals surface area contributed by atoms with Crippen LogP contribution in [0.1, 0.15) is 81.4 Å². The molecule has 2 fully saturated rings. The minimum Gasteiger partial charge on any atom is -0.343 e. The normalized spacial score (nSPS) is 21.4. The van der Waals surface area contributed by atoms with Crippen LogP contribution < -0.4 is 10.6 Å². The molecule has 2 aliphatic heterocycles. The predicted molar refractivity (Wildman–Crippen MR) is 166 cm³/mol. The van der Waals surface area contributed by atoms with Crippen molar-refractivity contribution in [2.75, 3.05) is 13.1 Å². The second-order valence-corrected chi connectivity index (χ2v) is 12.7. The number of benzene rings is 2. The zero-order chi connectivity index (χ0) is 29.5. The van der Waals surface area contributed by atoms with Crippen LogP contribution in [0.4, 0.5) is 0 Å². The van der Waals surface area contributed by atoms with Crippen LogP contribution in [0.3, 0.4) is 0 Å². The van der Waals surface area contributed by atoms with Gasteiger partial charge in [-0.1, -0.05) is 80.6 Å². The van der Waals surface area contributed by atoms with Gasteiger partial charge in [0.05, 0.1) is 12.1 Å². The summed E-state index contributed by atoms with van der Waals surface area (Å²) < 4.78 is 0. The van der Waals surface area contributed by atoms with Crippen molar-refractivity contribution in [3.8, 4) is 0 Å². The second kappa shape index (κ2) is 14.5. The lowest BCUT2D eigenvalue weighted by molar-refractivity contribution is -0.139. The highest BCUT2D eigenvalue weighted by atomic mass is 35.5. The molecule has 0 aromatic heterocycles. The summed E-state index contributed by atoms with van der Waals surface area (Å²) in [7, 11) is 0. The summed E-state index contributed by atoms with van der Waals surface area (Å²) in [5, 5.41) is 7.09. The number of fused-ring (bicyclic) bond motifs is 1. The van der Waals surface area contributed by atoms with Crippen molar-refractivity contribution in [3.63, 3.8) is 0 Å². The molecule has 1 saturated carbocycles. The fraction of sp³-hybridized carbons (Fsp3) is 0.559. The Labute approximate surface area is 255 Å². The number of carbonyl (C=O) groups is 3. The average Bonchev–Trinajstić information content (AvgIpc) is 3.50. The Balaban J connectivity index is 1.30. The van der Waals surface area contributed by atoms with Crippen molar-refractivity contribution in [3.05, 3.63) is 70.2 Å². The van der Waals surface area contributed by atoms with E-state index in [4.69, 9.17) is 11.6 Å². The van der Waals surface area contributed by atoms with Gasteiger partial charge in [0.25, 0.3) is 0 Å². The number of likely N-dealkylation sites (tertiary alicyclic amines) is 1. The standard InChI is InChI=1S/C34H45ClN4O3/c1-2-3-13-32(40)39(28-11-5-4-6-12-28)29-18-19-38(23-29)34(42)31(20-24-14-16-27(35)17-15-24)37-33(41)30-21-25-9-7-8-10-26(25)22-36-30/h7-10,14-17,28-31,36H,2-6,11-13,18-23H2,1H3,(H,37,41). The summed E-state index contributed by atoms with van der Waals surface area (Å²) in [5.74, 6) is -0.00882. The highest BCUT2D eigenvalue weighted by Gasteiger charge is 2.39. The summed E-state index contributed by atoms with van der Waals surface area (Å²) in [5.41, 5.74) is 3.30. The van der Waals surface area contributed by atoms with E-state index in [9.17, 15) is 14.4 Å². The number of amides is 3. The molecule has 3 aliphatic rings. The Bertz CT molecular complexity index is 1230. The van der Waals surface area contributed by atoms with Crippen molar-refractivity contribution in [2.45, 2.75) is 108 Å². The molecule has 0 radical (unpaired) electrons. The molecule has 3 unspecified atom stereocenters. The fourth-order valence-electron chi connectivity index (χ4n) is 6.88. The van der Waals surface area contributed by atoms with Gasteiger partial charge in [0.15, 0.2) is 0 Å². The smallest absolute Gasteiger partial charge is 0.245 e. The lowest BCUT2D eigenvalue weighted by Gasteiger charge is -2.39. The highest BCUT2D eigenvalue weighted by molar-refractivity contribution is 6.30. The van der Waals surface area contributed by atoms with E-state index in [0.717, 1.165) is 56.1 Å². The highest BCUT2D eigenvalue weighted by Crippen LogP contribution is 2.29. The van der Waals surface area contributed by atoms with Gasteiger partial charge in [0, 0.05) is 43.5 Å². The predicted octanol–water partition coefficient (Wildman–Crippen LogP) is 5.03. The molecule has 1 aliphatic carbocycles. The van der Waals surface area contributed by atoms with E-state index < -0.39 is 12.1 Å². The maximum atomic E-state index is 14.1. The number of nitrogens with zero attached hydrogens (tertiary/aromatic N) is 2. The van der Waals surface area contributed by atoms with E-state index in [1.54, 1.807) is 0 Å². The minimum absolute atomic E-state index is 0.0322. The van der Waals surface area contributed by atoms with Crippen LogP contribution in [0.15, 0.2) is 48.5 Å². The Kier molecular flexibility index (Phi) is 10.6. The molecule has 0 bridgehead atoms. The van der Waals surface area contributed by atoms with Crippen LogP contribution in [0.25, 0.3) is 0 Å². The van der Waals surface area contributed by atoms with Crippen molar-refractivity contribution in [1.82, 2.24) is 20.4 Å². The topological polar surface area (TPSA) is 81.8 Å². The Hall–Kier alpha value is -2.90. The first-order valence-electron chi connectivity index (χ1n) is 15.9. The van der Waals surface area contributed by atoms with Crippen LogP contribution in [0.2, 0.25) is 5.02 Å². The number of hydrogen-bond donors (Lipinski definition) is 2. The van der Waals surface area contributed by atoms with E-state index in [0.29, 0.717) is 43.9 Å². The number of unbranched alkanes of at least 4 members (excludes halogenated alkanes) is 1. The summed E-state index contributed by atoms with van der Waals surface area (Å²) in [6.45, 7) is 3.86. The van der Waals surface area contributed by atoms with Crippen LogP contribution in [-0.4, -0.2) is 64.8 Å². The van der Waals surface area contributed by atoms with Crippen molar-refractivity contribution >= 4 is 29.3 Å². The second-order valence-electron chi connectivity index (χ2n) is 12.2. The van der Waals surface area contributed by atoms with Crippen LogP contribution in [-0.2, 0) is 33.8 Å². The first-order chi connectivity index (χ1) is 20.4. The molecule has 1 saturated heterocycles. The minimum atomic E-state index is -0.699. The van der Waals surface area contributed by atoms with E-state index in [-0.39, 0.29) is 29.8 Å². The molecule has 7 nitrogen and oxygen atoms in total. The monoisotopic (exact) mass is 592 g/mol. The molecule has 42 heavy (non-hydrogen) atoms. The lowest BCUT2D eigenvalue weighted by atomic mass is 9.92. The SMILES string of the molecule is CCCCC(=O)N(C1CCCCC1)C1CCN(C(=O)C(Cc2ccc(Cl)cc2)NC(=O)C2Cc3ccccc3CN2)C1. The molecule has 3 atom stereocenters. The maximum absolute atomic E-state index is 14.1. The summed E-state index contributed by atoms with van der Waals surface area (Å²) in [4.78, 5) is 45.1. The Morgan fingerprint density at radius 2 is 1.74 bits per heavy atom. The van der Waals surface area contributed by atoms with Crippen molar-refractivity contribution in [2.24, 2.45) is 0 Å². The van der Waals surface area contributed by atoms with Gasteiger partial charge in [-0.25, -0.2) is 0 Å². The van der Waals surface area contributed by atoms with E-state index in [2.05, 4.69) is 34.6 Å². The fourth-order valence-corrected chi connectivity index (χ4v) is 7.01. The zero-order valence-corrected chi connectivity index (χ0v) is 25.6. The molecule has 2 heterocycles. The van der Waals surface area contributed by atoms with Crippen LogP contribution in [0, 0.1) is 0 Å². The molecule has 2 aromatic carbocycles. The number of hydrogen-bond acceptors (Lipinski definition) is 4. The van der Waals surface area contributed by atoms with Gasteiger partial charge in [-0.2, -0.15) is 0 Å². The summed E-state index contributed by atoms with van der Waals surface area (Å²) in [6.07, 6.45) is 9.87. The zero-order valence-electron chi connectivity index (χ0n) is 24.8. The van der Waals surface area contributed by atoms with Gasteiger partial charge in [-0.05, 0) is 60.9 Å². The van der Waals surface area contributed by atoms with Gasteiger partial charge in [-0.3, -0.25) is 14.4 Å². The summed E-state index contributed by atoms with van der Waals surface area (Å²) in [6, 6.07) is 14.8. The van der Waals surface area contributed by atoms with Crippen LogP contribution >= 0.6 is 11.6 Å². The maximum Gasteiger partial charge on any atom is 0.245 e. The van der Waals surface area contributed by atoms with Crippen LogP contribution in [0.5, 0.6) is 0 Å². The first-order valence-corrected chi connectivity index (χ1v) is 16.3. The number of carbonyl (C=O) groups excluding carboxylic acids is 3. The number of nitrogens with one attached hydrogen (secondary N) is 2. The molecule has 2 N–H and O–H groups in total. The van der Waals surface area contributed by atoms with E-state index in [1.807, 2.05) is 41.3 Å². The van der Waals surface area contributed by atoms with Gasteiger partial charge < -0.3 is 20.4 Å². The molecule has 8 heteroatoms. The van der Waals surface area contributed by atoms with Gasteiger partial charge in [-0.15, -0.1) is 0 Å². The lowest BCUT2D eigenvalue weighted by Crippen LogP contribution is -2.56. The third-order valence-corrected chi connectivity index (χ3v) is 9.49. The molecule has 3 amide bonds. The molecule has 5 rings (SSSR count). The molecular weight excluding hydrogens is 548 g/mol. The molecule has 2 aromatic rings. The number of halogens is 1. The molecule has 226 valence electrons. The molecular formula is C34H45ClN4O3. The van der Waals surface area contributed by atoms with E-state index in [1.165, 1.54) is 12.0 Å². The van der Waals surface area contributed by atoms with Gasteiger partial charge in [0.2, 0.25) is 17.7 Å². The van der Waals surface area contributed by atoms with E-state index >= 15 is 0 Å². The van der Waals surface area contributed by atoms with Gasteiger partial charge >= 0.3 is 0 Å².